The first kappa shape index (κ1) is 15.8. The number of benzene rings is 1. The third-order valence-electron chi connectivity index (χ3n) is 4.30. The number of hydrogen-bond acceptors (Lipinski definition) is 2. The molecule has 0 aliphatic carbocycles. The monoisotopic (exact) mass is 309 g/mol. The van der Waals surface area contributed by atoms with Gasteiger partial charge >= 0.3 is 5.97 Å². The Morgan fingerprint density at radius 1 is 1.43 bits per heavy atom. The average Bonchev–Trinajstić information content (AvgIpc) is 2.47. The zero-order chi connectivity index (χ0) is 15.5. The van der Waals surface area contributed by atoms with Gasteiger partial charge in [-0.1, -0.05) is 30.7 Å². The number of likely N-dealkylation sites (tertiary alicyclic amines) is 1. The lowest BCUT2D eigenvalue weighted by Gasteiger charge is -2.39. The molecule has 1 aromatic rings. The van der Waals surface area contributed by atoms with E-state index < -0.39 is 11.4 Å². The second-order valence-corrected chi connectivity index (χ2v) is 6.10. The molecule has 0 radical (unpaired) electrons. The van der Waals surface area contributed by atoms with Gasteiger partial charge in [-0.3, -0.25) is 9.59 Å². The summed E-state index contributed by atoms with van der Waals surface area (Å²) in [4.78, 5) is 25.6. The molecule has 4 nitrogen and oxygen atoms in total. The first-order valence-electron chi connectivity index (χ1n) is 7.22. The largest absolute Gasteiger partial charge is 0.481 e. The molecule has 1 amide bonds. The molecule has 1 N–H and O–H groups in total. The minimum absolute atomic E-state index is 0.0314. The first-order valence-corrected chi connectivity index (χ1v) is 7.60. The highest BCUT2D eigenvalue weighted by Gasteiger charge is 2.41. The van der Waals surface area contributed by atoms with Gasteiger partial charge in [0.15, 0.2) is 0 Å². The van der Waals surface area contributed by atoms with Crippen molar-refractivity contribution in [1.82, 2.24) is 4.90 Å². The Morgan fingerprint density at radius 2 is 2.19 bits per heavy atom. The van der Waals surface area contributed by atoms with Gasteiger partial charge in [0.25, 0.3) is 0 Å². The Bertz CT molecular complexity index is 546. The van der Waals surface area contributed by atoms with Gasteiger partial charge in [0, 0.05) is 18.1 Å². The molecule has 1 saturated heterocycles. The third kappa shape index (κ3) is 3.56. The molecule has 1 heterocycles. The van der Waals surface area contributed by atoms with E-state index in [1.807, 2.05) is 19.1 Å². The summed E-state index contributed by atoms with van der Waals surface area (Å²) in [6.45, 7) is 2.81. The first-order chi connectivity index (χ1) is 9.97. The van der Waals surface area contributed by atoms with E-state index in [0.717, 1.165) is 12.0 Å². The van der Waals surface area contributed by atoms with Gasteiger partial charge in [0.2, 0.25) is 5.91 Å². The second kappa shape index (κ2) is 6.48. The fraction of sp³-hybridized carbons (Fsp3) is 0.500. The van der Waals surface area contributed by atoms with Gasteiger partial charge < -0.3 is 10.0 Å². The predicted molar refractivity (Wildman–Crippen MR) is 81.3 cm³/mol. The Morgan fingerprint density at radius 3 is 2.81 bits per heavy atom. The maximum atomic E-state index is 12.4. The van der Waals surface area contributed by atoms with Crippen molar-refractivity contribution >= 4 is 23.5 Å². The molecule has 0 saturated carbocycles. The maximum absolute atomic E-state index is 12.4. The number of aliphatic carboxylic acids is 1. The van der Waals surface area contributed by atoms with E-state index in [9.17, 15) is 14.7 Å². The van der Waals surface area contributed by atoms with Gasteiger partial charge in [-0.05, 0) is 37.0 Å². The molecule has 1 atom stereocenters. The summed E-state index contributed by atoms with van der Waals surface area (Å²) in [5.74, 6) is -0.832. The summed E-state index contributed by atoms with van der Waals surface area (Å²) in [5, 5.41) is 10.1. The zero-order valence-electron chi connectivity index (χ0n) is 12.1. The second-order valence-electron chi connectivity index (χ2n) is 5.66. The fourth-order valence-electron chi connectivity index (χ4n) is 2.89. The molecule has 1 aromatic carbocycles. The molecule has 1 fully saturated rings. The van der Waals surface area contributed by atoms with Crippen LogP contribution in [0, 0.1) is 5.41 Å². The number of carbonyl (C=O) groups excluding carboxylic acids is 1. The van der Waals surface area contributed by atoms with Crippen molar-refractivity contribution < 1.29 is 14.7 Å². The minimum atomic E-state index is -0.801. The molecule has 5 heteroatoms. The van der Waals surface area contributed by atoms with Crippen molar-refractivity contribution in [3.63, 3.8) is 0 Å². The van der Waals surface area contributed by atoms with E-state index in [2.05, 4.69) is 0 Å². The van der Waals surface area contributed by atoms with Crippen LogP contribution in [0.4, 0.5) is 0 Å². The number of hydrogen-bond donors (Lipinski definition) is 1. The van der Waals surface area contributed by atoms with Crippen molar-refractivity contribution in [1.29, 1.82) is 0 Å². The van der Waals surface area contributed by atoms with Crippen LogP contribution in [-0.4, -0.2) is 35.0 Å². The number of carboxylic acid groups (broad SMARTS) is 1. The molecule has 1 unspecified atom stereocenters. The van der Waals surface area contributed by atoms with Crippen LogP contribution in [0.2, 0.25) is 5.02 Å². The molecule has 1 aliphatic heterocycles. The highest BCUT2D eigenvalue weighted by Crippen LogP contribution is 2.33. The zero-order valence-corrected chi connectivity index (χ0v) is 12.9. The Balaban J connectivity index is 2.07. The topological polar surface area (TPSA) is 57.6 Å². The minimum Gasteiger partial charge on any atom is -0.481 e. The number of carboxylic acids is 1. The molecule has 0 spiro atoms. The van der Waals surface area contributed by atoms with Gasteiger partial charge in [-0.15, -0.1) is 0 Å². The molecular weight excluding hydrogens is 290 g/mol. The van der Waals surface area contributed by atoms with E-state index in [0.29, 0.717) is 31.0 Å². The smallest absolute Gasteiger partial charge is 0.311 e. The van der Waals surface area contributed by atoms with Crippen LogP contribution in [-0.2, 0) is 16.0 Å². The van der Waals surface area contributed by atoms with E-state index in [-0.39, 0.29) is 12.3 Å². The molecule has 2 rings (SSSR count). The molecule has 0 bridgehead atoms. The molecule has 0 aromatic heterocycles. The van der Waals surface area contributed by atoms with Crippen LogP contribution in [0.25, 0.3) is 0 Å². The molecule has 1 aliphatic rings. The van der Waals surface area contributed by atoms with Gasteiger partial charge in [0.05, 0.1) is 11.8 Å². The van der Waals surface area contributed by atoms with E-state index >= 15 is 0 Å². The van der Waals surface area contributed by atoms with Crippen molar-refractivity contribution in [3.05, 3.63) is 34.9 Å². The maximum Gasteiger partial charge on any atom is 0.311 e. The molecule has 114 valence electrons. The SMILES string of the molecule is CCC1(C(=O)O)CCCN(C(=O)Cc2cccc(Cl)c2)C1. The van der Waals surface area contributed by atoms with Crippen molar-refractivity contribution in [2.75, 3.05) is 13.1 Å². The number of carbonyl (C=O) groups is 2. The summed E-state index contributed by atoms with van der Waals surface area (Å²) in [6, 6.07) is 7.21. The average molecular weight is 310 g/mol. The Kier molecular flexibility index (Phi) is 4.88. The quantitative estimate of drug-likeness (QED) is 0.930. The van der Waals surface area contributed by atoms with E-state index in [1.165, 1.54) is 0 Å². The summed E-state index contributed by atoms with van der Waals surface area (Å²) in [5.41, 5.74) is 0.0675. The summed E-state index contributed by atoms with van der Waals surface area (Å²) < 4.78 is 0. The third-order valence-corrected chi connectivity index (χ3v) is 4.54. The van der Waals surface area contributed by atoms with Gasteiger partial charge in [0.1, 0.15) is 0 Å². The molecule has 21 heavy (non-hydrogen) atoms. The molecular formula is C16H20ClNO3. The van der Waals surface area contributed by atoms with Crippen molar-refractivity contribution in [2.45, 2.75) is 32.6 Å². The van der Waals surface area contributed by atoms with Crippen molar-refractivity contribution in [2.24, 2.45) is 5.41 Å². The fourth-order valence-corrected chi connectivity index (χ4v) is 3.11. The van der Waals surface area contributed by atoms with Crippen LogP contribution < -0.4 is 0 Å². The normalized spacial score (nSPS) is 22.1. The highest BCUT2D eigenvalue weighted by atomic mass is 35.5. The van der Waals surface area contributed by atoms with Crippen LogP contribution >= 0.6 is 11.6 Å². The lowest BCUT2D eigenvalue weighted by atomic mass is 9.77. The number of amides is 1. The Labute approximate surface area is 129 Å². The number of nitrogens with zero attached hydrogens (tertiary/aromatic N) is 1. The predicted octanol–water partition coefficient (Wildman–Crippen LogP) is 2.99. The number of piperidine rings is 1. The van der Waals surface area contributed by atoms with Crippen LogP contribution in [0.5, 0.6) is 0 Å². The van der Waals surface area contributed by atoms with E-state index in [4.69, 9.17) is 11.6 Å². The van der Waals surface area contributed by atoms with Crippen LogP contribution in [0.15, 0.2) is 24.3 Å². The summed E-state index contributed by atoms with van der Waals surface area (Å²) in [6.07, 6.45) is 2.18. The van der Waals surface area contributed by atoms with Crippen molar-refractivity contribution in [3.8, 4) is 0 Å². The lowest BCUT2D eigenvalue weighted by molar-refractivity contribution is -0.155. The highest BCUT2D eigenvalue weighted by molar-refractivity contribution is 6.30. The van der Waals surface area contributed by atoms with Gasteiger partial charge in [-0.25, -0.2) is 0 Å². The number of rotatable bonds is 4. The summed E-state index contributed by atoms with van der Waals surface area (Å²) in [7, 11) is 0. The van der Waals surface area contributed by atoms with Crippen LogP contribution in [0.3, 0.4) is 0 Å². The standard InChI is InChI=1S/C16H20ClNO3/c1-2-16(15(20)21)7-4-8-18(11-16)14(19)10-12-5-3-6-13(17)9-12/h3,5-6,9H,2,4,7-8,10-11H2,1H3,(H,20,21). The van der Waals surface area contributed by atoms with Gasteiger partial charge in [-0.2, -0.15) is 0 Å². The lowest BCUT2D eigenvalue weighted by Crippen LogP contribution is -2.50. The summed E-state index contributed by atoms with van der Waals surface area (Å²) >= 11 is 5.92. The number of halogens is 1. The van der Waals surface area contributed by atoms with E-state index in [1.54, 1.807) is 17.0 Å². The van der Waals surface area contributed by atoms with Crippen LogP contribution in [0.1, 0.15) is 31.7 Å². The Hall–Kier alpha value is -1.55.